The Hall–Kier alpha value is -4.74. The zero-order valence-corrected chi connectivity index (χ0v) is 27.5. The number of ether oxygens (including phenoxy) is 3. The largest absolute Gasteiger partial charge is 0.482 e. The van der Waals surface area contributed by atoms with E-state index in [-0.39, 0.29) is 42.6 Å². The Morgan fingerprint density at radius 2 is 1.73 bits per heavy atom. The topological polar surface area (TPSA) is 127 Å². The Bertz CT molecular complexity index is 1670. The molecule has 0 radical (unpaired) electrons. The summed E-state index contributed by atoms with van der Waals surface area (Å²) in [5.74, 6) is 0.0325. The number of hydrogen-bond acceptors (Lipinski definition) is 7. The van der Waals surface area contributed by atoms with Crippen LogP contribution in [0.3, 0.4) is 0 Å². The molecule has 0 unspecified atom stereocenters. The predicted octanol–water partition coefficient (Wildman–Crippen LogP) is 5.14. The molecule has 0 spiro atoms. The van der Waals surface area contributed by atoms with Gasteiger partial charge in [0.2, 0.25) is 5.91 Å². The molecule has 1 fully saturated rings. The number of nitrogens with one attached hydrogen (secondary N) is 2. The van der Waals surface area contributed by atoms with Crippen molar-refractivity contribution >= 4 is 35.0 Å². The Kier molecular flexibility index (Phi) is 10.4. The van der Waals surface area contributed by atoms with Crippen LogP contribution in [0.5, 0.6) is 5.75 Å². The summed E-state index contributed by atoms with van der Waals surface area (Å²) >= 11 is 0. The summed E-state index contributed by atoms with van der Waals surface area (Å²) in [4.78, 5) is 54.7. The number of hydrogen-bond donors (Lipinski definition) is 2. The summed E-state index contributed by atoms with van der Waals surface area (Å²) in [6.45, 7) is 6.72. The third-order valence-electron chi connectivity index (χ3n) is 8.92. The molecule has 3 aliphatic heterocycles. The van der Waals surface area contributed by atoms with E-state index in [0.717, 1.165) is 42.4 Å². The van der Waals surface area contributed by atoms with Gasteiger partial charge in [-0.3, -0.25) is 19.2 Å². The van der Waals surface area contributed by atoms with Crippen LogP contribution in [0.15, 0.2) is 60.7 Å². The minimum atomic E-state index is -0.227. The fourth-order valence-corrected chi connectivity index (χ4v) is 6.19. The van der Waals surface area contributed by atoms with Gasteiger partial charge in [0.25, 0.3) is 17.7 Å². The molecule has 3 heterocycles. The Balaban J connectivity index is 1.01. The molecule has 0 atom stereocenters. The molecular weight excluding hydrogens is 612 g/mol. The van der Waals surface area contributed by atoms with Gasteiger partial charge >= 0.3 is 0 Å². The Morgan fingerprint density at radius 1 is 0.958 bits per heavy atom. The molecule has 48 heavy (non-hydrogen) atoms. The molecule has 4 amide bonds. The van der Waals surface area contributed by atoms with E-state index in [2.05, 4.69) is 10.6 Å². The smallest absolute Gasteiger partial charge is 0.262 e. The third-order valence-corrected chi connectivity index (χ3v) is 8.92. The van der Waals surface area contributed by atoms with Crippen molar-refractivity contribution in [1.82, 2.24) is 9.80 Å². The fraction of sp³-hybridized carbons (Fsp3) is 0.405. The number of fused-ring (bicyclic) bond motifs is 2. The van der Waals surface area contributed by atoms with Crippen LogP contribution in [-0.4, -0.2) is 72.1 Å². The van der Waals surface area contributed by atoms with Gasteiger partial charge in [0.1, 0.15) is 5.75 Å². The van der Waals surface area contributed by atoms with Gasteiger partial charge < -0.3 is 34.6 Å². The fourth-order valence-electron chi connectivity index (χ4n) is 6.19. The lowest BCUT2D eigenvalue weighted by molar-refractivity contribution is -0.132. The van der Waals surface area contributed by atoms with Gasteiger partial charge in [-0.15, -0.1) is 0 Å². The molecule has 0 bridgehead atoms. The van der Waals surface area contributed by atoms with Crippen LogP contribution in [0.2, 0.25) is 0 Å². The van der Waals surface area contributed by atoms with Crippen LogP contribution >= 0.6 is 0 Å². The van der Waals surface area contributed by atoms with Gasteiger partial charge in [-0.1, -0.05) is 18.2 Å². The number of anilines is 2. The standard InChI is InChI=1S/C37H42N4O7/c1-24(2)41(37(45)28-12-14-31-32(20-28)48-23-33(42)39-31)21-25-7-9-26(10-8-25)36(44)38-30-13-11-29-22-40(16-15-27(29)19-30)34(43)5-3-4-6-35-46-17-18-47-35/h7-14,19-20,24,35H,3-6,15-18,21-23H2,1-2H3,(H,38,44)(H,39,42). The lowest BCUT2D eigenvalue weighted by Gasteiger charge is -2.29. The van der Waals surface area contributed by atoms with E-state index in [1.54, 1.807) is 35.2 Å². The van der Waals surface area contributed by atoms with E-state index in [9.17, 15) is 19.2 Å². The molecule has 0 aliphatic carbocycles. The normalized spacial score (nSPS) is 15.7. The summed E-state index contributed by atoms with van der Waals surface area (Å²) in [7, 11) is 0. The van der Waals surface area contributed by atoms with E-state index in [4.69, 9.17) is 14.2 Å². The molecule has 3 aromatic carbocycles. The van der Waals surface area contributed by atoms with Crippen molar-refractivity contribution in [2.45, 2.75) is 71.4 Å². The number of carbonyl (C=O) groups is 4. The second-order valence-electron chi connectivity index (χ2n) is 12.7. The van der Waals surface area contributed by atoms with Crippen molar-refractivity contribution in [1.29, 1.82) is 0 Å². The van der Waals surface area contributed by atoms with Crippen LogP contribution in [0.4, 0.5) is 11.4 Å². The number of nitrogens with zero attached hydrogens (tertiary/aromatic N) is 2. The molecule has 3 aliphatic rings. The summed E-state index contributed by atoms with van der Waals surface area (Å²) in [5.41, 5.74) is 5.36. The zero-order valence-electron chi connectivity index (χ0n) is 27.5. The SMILES string of the molecule is CC(C)N(Cc1ccc(C(=O)Nc2ccc3c(c2)CCN(C(=O)CCCCC2OCCO2)C3)cc1)C(=O)c1ccc2c(c1)OCC(=O)N2. The molecule has 0 saturated carbocycles. The maximum atomic E-state index is 13.5. The quantitative estimate of drug-likeness (QED) is 0.274. The lowest BCUT2D eigenvalue weighted by atomic mass is 9.98. The van der Waals surface area contributed by atoms with Crippen molar-refractivity contribution in [3.05, 3.63) is 88.5 Å². The molecular formula is C37H42N4O7. The average molecular weight is 655 g/mol. The molecule has 11 heteroatoms. The van der Waals surface area contributed by atoms with E-state index in [0.29, 0.717) is 67.5 Å². The monoisotopic (exact) mass is 654 g/mol. The summed E-state index contributed by atoms with van der Waals surface area (Å²) in [5, 5.41) is 5.74. The average Bonchev–Trinajstić information content (AvgIpc) is 3.62. The molecule has 3 aromatic rings. The number of unbranched alkanes of at least 4 members (excludes halogenated alkanes) is 1. The van der Waals surface area contributed by atoms with Crippen molar-refractivity contribution in [3.63, 3.8) is 0 Å². The van der Waals surface area contributed by atoms with Crippen LogP contribution in [0, 0.1) is 0 Å². The van der Waals surface area contributed by atoms with Crippen molar-refractivity contribution in [3.8, 4) is 5.75 Å². The van der Waals surface area contributed by atoms with Gasteiger partial charge in [0, 0.05) is 48.9 Å². The van der Waals surface area contributed by atoms with Gasteiger partial charge in [0.05, 0.1) is 18.9 Å². The Labute approximate surface area is 280 Å². The summed E-state index contributed by atoms with van der Waals surface area (Å²) < 4.78 is 16.4. The highest BCUT2D eigenvalue weighted by Crippen LogP contribution is 2.30. The first-order chi connectivity index (χ1) is 23.2. The first-order valence-corrected chi connectivity index (χ1v) is 16.6. The minimum absolute atomic E-state index is 0.0799. The molecule has 252 valence electrons. The molecule has 0 aromatic heterocycles. The van der Waals surface area contributed by atoms with Crippen molar-refractivity contribution in [2.24, 2.45) is 0 Å². The van der Waals surface area contributed by atoms with Gasteiger partial charge in [-0.25, -0.2) is 0 Å². The number of carbonyl (C=O) groups excluding carboxylic acids is 4. The van der Waals surface area contributed by atoms with Gasteiger partial charge in [-0.05, 0) is 98.7 Å². The first-order valence-electron chi connectivity index (χ1n) is 16.6. The number of rotatable bonds is 11. The lowest BCUT2D eigenvalue weighted by Crippen LogP contribution is -2.36. The van der Waals surface area contributed by atoms with Crippen molar-refractivity contribution in [2.75, 3.05) is 37.0 Å². The molecule has 1 saturated heterocycles. The van der Waals surface area contributed by atoms with Crippen LogP contribution in [0.1, 0.15) is 76.9 Å². The van der Waals surface area contributed by atoms with Crippen LogP contribution in [-0.2, 0) is 38.6 Å². The van der Waals surface area contributed by atoms with Gasteiger partial charge in [-0.2, -0.15) is 0 Å². The second-order valence-corrected chi connectivity index (χ2v) is 12.7. The highest BCUT2D eigenvalue weighted by atomic mass is 16.7. The second kappa shape index (κ2) is 15.0. The molecule has 11 nitrogen and oxygen atoms in total. The molecule has 2 N–H and O–H groups in total. The predicted molar refractivity (Wildman–Crippen MR) is 180 cm³/mol. The third kappa shape index (κ3) is 8.03. The first kappa shape index (κ1) is 33.2. The zero-order chi connectivity index (χ0) is 33.6. The van der Waals surface area contributed by atoms with Crippen LogP contribution in [0.25, 0.3) is 0 Å². The van der Waals surface area contributed by atoms with E-state index >= 15 is 0 Å². The van der Waals surface area contributed by atoms with E-state index in [1.165, 1.54) is 0 Å². The van der Waals surface area contributed by atoms with E-state index in [1.807, 2.05) is 49.1 Å². The molecule has 6 rings (SSSR count). The minimum Gasteiger partial charge on any atom is -0.482 e. The maximum Gasteiger partial charge on any atom is 0.262 e. The maximum absolute atomic E-state index is 13.5. The van der Waals surface area contributed by atoms with Gasteiger partial charge in [0.15, 0.2) is 12.9 Å². The highest BCUT2D eigenvalue weighted by Gasteiger charge is 2.24. The van der Waals surface area contributed by atoms with Crippen molar-refractivity contribution < 1.29 is 33.4 Å². The Morgan fingerprint density at radius 3 is 2.50 bits per heavy atom. The highest BCUT2D eigenvalue weighted by molar-refractivity contribution is 6.04. The van der Waals surface area contributed by atoms with E-state index < -0.39 is 0 Å². The number of benzene rings is 3. The summed E-state index contributed by atoms with van der Waals surface area (Å²) in [6.07, 6.45) is 3.68. The number of amides is 4. The summed E-state index contributed by atoms with van der Waals surface area (Å²) in [6, 6.07) is 18.0. The van der Waals surface area contributed by atoms with Crippen LogP contribution < -0.4 is 15.4 Å².